The number of carbonyl (C=O) groups excluding carboxylic acids is 8. The summed E-state index contributed by atoms with van der Waals surface area (Å²) in [6.45, 7) is 17.1. The molecule has 0 spiro atoms. The van der Waals surface area contributed by atoms with Crippen LogP contribution in [0, 0.1) is 46.8 Å². The van der Waals surface area contributed by atoms with Crippen LogP contribution in [0.1, 0.15) is 122 Å². The topological polar surface area (TPSA) is 366 Å². The van der Waals surface area contributed by atoms with Gasteiger partial charge in [-0.2, -0.15) is 8.78 Å². The molecule has 0 saturated carbocycles. The number of hydrogen-bond donors (Lipinski definition) is 5. The van der Waals surface area contributed by atoms with Gasteiger partial charge in [0.2, 0.25) is 57.8 Å². The fourth-order valence-electron chi connectivity index (χ4n) is 12.7. The lowest BCUT2D eigenvalue weighted by atomic mass is 9.88. The number of hydrogen-bond acceptors (Lipinski definition) is 26. The van der Waals surface area contributed by atoms with Gasteiger partial charge in [-0.25, -0.2) is 32.3 Å². The minimum atomic E-state index is -2.44. The van der Waals surface area contributed by atoms with E-state index in [1.54, 1.807) is 120 Å². The Kier molecular flexibility index (Phi) is 34.6. The summed E-state index contributed by atoms with van der Waals surface area (Å²) in [5.74, 6) is -15.6. The van der Waals surface area contributed by atoms with E-state index in [1.807, 2.05) is 58.0 Å². The average Bonchev–Trinajstić information content (AvgIpc) is 1.61. The van der Waals surface area contributed by atoms with E-state index in [4.69, 9.17) is 72.0 Å². The summed E-state index contributed by atoms with van der Waals surface area (Å²) >= 11 is 0. The van der Waals surface area contributed by atoms with Crippen LogP contribution in [0.25, 0.3) is 11.1 Å². The maximum absolute atomic E-state index is 14.0. The summed E-state index contributed by atoms with van der Waals surface area (Å²) in [4.78, 5) is 103. The summed E-state index contributed by atoms with van der Waals surface area (Å²) in [5.41, 5.74) is 8.59. The number of nitrogens with one attached hydrogen (secondary N) is 2. The number of esters is 3. The first kappa shape index (κ1) is 96.6. The standard InChI is InChI=1S/C42H51NO12.C26H31NO8.C21H20F5NO5/c1-24(2)17-27(19-32(45)36(46)31(18-25-13-11-10-12-14-25)43-41(48)55-42(3,4)5)40(47)54-34-20-26(15-16-33(34)49-6)29-21-28(44)23-53-37-30(29)22-35(50-7)38(51-8)39(37)52-9;1-14(2)9-19(27)26(29)35-21-10-15(7-8-20(21)30-3)17-11-16(28)13-34-23-18(17)12-22(31-4)24(32-5)25(23)33-6;1-21(2,3)32-20(30)27-11(9-10-7-5-4-6-8-10)17(28)19(29)31-18-15(25)13(23)12(22)14(24)16(18)26/h10-16,20-22,24,27,31,36,46H,17-19,23H2,1-9H3,(H,43,48);7-8,10-12,14,19H,9,13,27H2,1-6H3;4-8,11,17,28H,9H2,1-3H3,(H,27,30). The molecule has 7 aromatic rings. The molecular weight excluding hydrogens is 1610 g/mol. The minimum absolute atomic E-state index is 0.0312. The molecule has 6 N–H and O–H groups in total. The van der Waals surface area contributed by atoms with Gasteiger partial charge in [-0.15, -0.1) is 0 Å². The Bertz CT molecular complexity index is 4940. The molecule has 0 fully saturated rings. The molecular formula is C89H102F5N3O25. The SMILES string of the molecule is CC(C)(C)OC(=O)NC(Cc1ccccc1)C(O)C(=O)Oc1c(F)c(F)c(F)c(F)c1F.COc1ccc(C2=CC(=O)COc3c2cc(OC)c(OC)c3OC)cc1OC(=O)C(CC(=O)C(O)C(Cc1ccccc1)NC(=O)OC(C)(C)C)CC(C)C.COc1ccc(C2=CC(=O)COc3c2cc(OC)c(OC)c3OC)cc1OC(=O)C(N)CC(C)C. The molecule has 2 heterocycles. The molecule has 9 rings (SSSR count). The van der Waals surface area contributed by atoms with Crippen molar-refractivity contribution < 1.29 is 142 Å². The summed E-state index contributed by atoms with van der Waals surface area (Å²) in [6.07, 6.45) is -2.50. The van der Waals surface area contributed by atoms with Crippen LogP contribution < -0.4 is 77.9 Å². The van der Waals surface area contributed by atoms with Crippen LogP contribution in [0.5, 0.6) is 74.7 Å². The Morgan fingerprint density at radius 2 is 0.820 bits per heavy atom. The van der Waals surface area contributed by atoms with Gasteiger partial charge >= 0.3 is 30.1 Å². The molecule has 0 saturated heterocycles. The van der Waals surface area contributed by atoms with E-state index < -0.39 is 118 Å². The van der Waals surface area contributed by atoms with Crippen LogP contribution in [-0.4, -0.2) is 169 Å². The zero-order valence-corrected chi connectivity index (χ0v) is 70.9. The highest BCUT2D eigenvalue weighted by Gasteiger charge is 2.39. The fourth-order valence-corrected chi connectivity index (χ4v) is 12.7. The number of alkyl carbamates (subject to hydrolysis) is 2. The van der Waals surface area contributed by atoms with Gasteiger partial charge in [0.15, 0.2) is 82.7 Å². The molecule has 658 valence electrons. The highest BCUT2D eigenvalue weighted by atomic mass is 19.2. The smallest absolute Gasteiger partial charge is 0.407 e. The first-order valence-electron chi connectivity index (χ1n) is 38.3. The number of fused-ring (bicyclic) bond motifs is 2. The van der Waals surface area contributed by atoms with Crippen molar-refractivity contribution in [1.29, 1.82) is 0 Å². The number of Topliss-reactive ketones (excluding diaryl/α,β-unsaturated/α-hetero) is 1. The Morgan fingerprint density at radius 1 is 0.443 bits per heavy atom. The average molecular weight is 1710 g/mol. The number of ketones is 3. The Balaban J connectivity index is 0.000000265. The van der Waals surface area contributed by atoms with Gasteiger partial charge < -0.3 is 97.6 Å². The van der Waals surface area contributed by atoms with E-state index in [0.717, 1.165) is 5.56 Å². The molecule has 2 amide bonds. The Morgan fingerprint density at radius 3 is 1.19 bits per heavy atom. The molecule has 33 heteroatoms. The van der Waals surface area contributed by atoms with Crippen molar-refractivity contribution in [2.75, 3.05) is 70.1 Å². The molecule has 2 aliphatic heterocycles. The third-order valence-corrected chi connectivity index (χ3v) is 18.1. The van der Waals surface area contributed by atoms with Crippen LogP contribution in [0.4, 0.5) is 31.5 Å². The van der Waals surface area contributed by atoms with Crippen molar-refractivity contribution >= 4 is 58.6 Å². The molecule has 0 aromatic heterocycles. The van der Waals surface area contributed by atoms with Crippen molar-refractivity contribution in [2.24, 2.45) is 23.5 Å². The molecule has 7 aromatic carbocycles. The molecule has 2 aliphatic rings. The normalized spacial score (nSPS) is 13.8. The predicted molar refractivity (Wildman–Crippen MR) is 435 cm³/mol. The number of benzene rings is 7. The van der Waals surface area contributed by atoms with Crippen molar-refractivity contribution in [3.63, 3.8) is 0 Å². The lowest BCUT2D eigenvalue weighted by Crippen LogP contribution is -2.50. The minimum Gasteiger partial charge on any atom is -0.493 e. The van der Waals surface area contributed by atoms with Gasteiger partial charge in [-0.05, 0) is 161 Å². The van der Waals surface area contributed by atoms with E-state index in [2.05, 4.69) is 15.4 Å². The van der Waals surface area contributed by atoms with Crippen LogP contribution in [0.2, 0.25) is 0 Å². The zero-order valence-electron chi connectivity index (χ0n) is 70.9. The number of methoxy groups -OCH3 is 8. The fraction of sp³-hybridized carbons (Fsp3) is 0.393. The molecule has 28 nitrogen and oxygen atoms in total. The van der Waals surface area contributed by atoms with Gasteiger partial charge in [0.25, 0.3) is 0 Å². The predicted octanol–water partition coefficient (Wildman–Crippen LogP) is 13.3. The van der Waals surface area contributed by atoms with E-state index >= 15 is 0 Å². The van der Waals surface area contributed by atoms with Crippen LogP contribution >= 0.6 is 0 Å². The number of aliphatic hydroxyl groups excluding tert-OH is 2. The second kappa shape index (κ2) is 43.6. The first-order chi connectivity index (χ1) is 57.6. The summed E-state index contributed by atoms with van der Waals surface area (Å²) in [6, 6.07) is 27.2. The molecule has 0 radical (unpaired) electrons. The number of rotatable bonds is 31. The number of amides is 2. The number of ether oxygens (including phenoxy) is 15. The van der Waals surface area contributed by atoms with Crippen LogP contribution in [-0.2, 0) is 51.1 Å². The lowest BCUT2D eigenvalue weighted by Gasteiger charge is -2.27. The Labute approximate surface area is 702 Å². The van der Waals surface area contributed by atoms with Crippen LogP contribution in [0.15, 0.2) is 121 Å². The monoisotopic (exact) mass is 1710 g/mol. The maximum atomic E-state index is 14.0. The van der Waals surface area contributed by atoms with E-state index in [1.165, 1.54) is 69.0 Å². The highest BCUT2D eigenvalue weighted by Crippen LogP contribution is 2.53. The van der Waals surface area contributed by atoms with Crippen molar-refractivity contribution in [3.8, 4) is 74.7 Å². The molecule has 122 heavy (non-hydrogen) atoms. The molecule has 0 bridgehead atoms. The van der Waals surface area contributed by atoms with Crippen molar-refractivity contribution in [2.45, 2.75) is 143 Å². The molecule has 0 aliphatic carbocycles. The third-order valence-electron chi connectivity index (χ3n) is 18.1. The maximum Gasteiger partial charge on any atom is 0.407 e. The largest absolute Gasteiger partial charge is 0.493 e. The first-order valence-corrected chi connectivity index (χ1v) is 38.3. The van der Waals surface area contributed by atoms with Gasteiger partial charge in [0.1, 0.15) is 23.3 Å². The van der Waals surface area contributed by atoms with Gasteiger partial charge in [-0.3, -0.25) is 19.2 Å². The van der Waals surface area contributed by atoms with Crippen molar-refractivity contribution in [3.05, 3.63) is 184 Å². The van der Waals surface area contributed by atoms with Crippen molar-refractivity contribution in [1.82, 2.24) is 10.6 Å². The third kappa shape index (κ3) is 25.8. The second-order valence-electron chi connectivity index (χ2n) is 30.6. The second-order valence-corrected chi connectivity index (χ2v) is 30.6. The number of halogens is 5. The van der Waals surface area contributed by atoms with E-state index in [-0.39, 0.29) is 96.8 Å². The quantitative estimate of drug-likeness (QED) is 0.00886. The van der Waals surface area contributed by atoms with Crippen LogP contribution in [0.3, 0.4) is 0 Å². The van der Waals surface area contributed by atoms with E-state index in [9.17, 15) is 70.5 Å². The van der Waals surface area contributed by atoms with E-state index in [0.29, 0.717) is 79.9 Å². The summed E-state index contributed by atoms with van der Waals surface area (Å²) in [5, 5.41) is 26.6. The number of aliphatic hydroxyl groups is 2. The molecule has 6 unspecified atom stereocenters. The van der Waals surface area contributed by atoms with Gasteiger partial charge in [-0.1, -0.05) is 100 Å². The zero-order chi connectivity index (χ0) is 90.4. The lowest BCUT2D eigenvalue weighted by molar-refractivity contribution is -0.145. The van der Waals surface area contributed by atoms with Gasteiger partial charge in [0.05, 0.1) is 74.9 Å². The Hall–Kier alpha value is -12.5. The summed E-state index contributed by atoms with van der Waals surface area (Å²) < 4.78 is 150. The number of nitrogens with two attached hydrogens (primary N) is 1. The molecule has 6 atom stereocenters. The summed E-state index contributed by atoms with van der Waals surface area (Å²) in [7, 11) is 11.7. The number of carbonyl (C=O) groups is 8. The highest BCUT2D eigenvalue weighted by molar-refractivity contribution is 6.05. The van der Waals surface area contributed by atoms with Gasteiger partial charge in [0, 0.05) is 17.5 Å².